The Morgan fingerprint density at radius 1 is 1.36 bits per heavy atom. The molecule has 0 amide bonds. The van der Waals surface area contributed by atoms with Crippen LogP contribution in [0.5, 0.6) is 0 Å². The van der Waals surface area contributed by atoms with Gasteiger partial charge in [-0.15, -0.1) is 6.58 Å². The molecular formula is C13H16O. The normalized spacial score (nSPS) is 31.6. The molecule has 1 aromatic carbocycles. The average molecular weight is 188 g/mol. The smallest absolute Gasteiger partial charge is 0.0763 e. The molecule has 0 aliphatic carbocycles. The van der Waals surface area contributed by atoms with Crippen LogP contribution in [0.3, 0.4) is 0 Å². The topological polar surface area (TPSA) is 9.23 Å². The third-order valence-electron chi connectivity index (χ3n) is 2.93. The Morgan fingerprint density at radius 3 is 2.64 bits per heavy atom. The highest BCUT2D eigenvalue weighted by molar-refractivity contribution is 5.22. The predicted octanol–water partition coefficient (Wildman–Crippen LogP) is 3.13. The maximum absolute atomic E-state index is 5.76. The fourth-order valence-corrected chi connectivity index (χ4v) is 2.13. The Morgan fingerprint density at radius 2 is 2.07 bits per heavy atom. The van der Waals surface area contributed by atoms with E-state index in [0.717, 1.165) is 6.42 Å². The van der Waals surface area contributed by atoms with Crippen LogP contribution in [0.25, 0.3) is 0 Å². The maximum atomic E-state index is 5.76. The predicted molar refractivity (Wildman–Crippen MR) is 58.3 cm³/mol. The number of hydrogen-bond acceptors (Lipinski definition) is 1. The Kier molecular flexibility index (Phi) is 2.69. The molecule has 1 heterocycles. The fourth-order valence-electron chi connectivity index (χ4n) is 2.13. The molecule has 3 atom stereocenters. The summed E-state index contributed by atoms with van der Waals surface area (Å²) < 4.78 is 5.76. The van der Waals surface area contributed by atoms with Gasteiger partial charge in [0.15, 0.2) is 0 Å². The largest absolute Gasteiger partial charge is 0.371 e. The molecule has 0 radical (unpaired) electrons. The SMILES string of the molecule is C=C[C@H]1C[C@@H](c2ccccc2)[C@H](C)O1. The monoisotopic (exact) mass is 188 g/mol. The van der Waals surface area contributed by atoms with Crippen LogP contribution in [0.2, 0.25) is 0 Å². The van der Waals surface area contributed by atoms with Crippen molar-refractivity contribution in [2.24, 2.45) is 0 Å². The third kappa shape index (κ3) is 1.73. The van der Waals surface area contributed by atoms with Crippen LogP contribution in [0.15, 0.2) is 43.0 Å². The second-order valence-electron chi connectivity index (χ2n) is 3.87. The Labute approximate surface area is 85.4 Å². The summed E-state index contributed by atoms with van der Waals surface area (Å²) >= 11 is 0. The van der Waals surface area contributed by atoms with Crippen molar-refractivity contribution in [1.29, 1.82) is 0 Å². The minimum atomic E-state index is 0.232. The van der Waals surface area contributed by atoms with Gasteiger partial charge in [0, 0.05) is 5.92 Å². The molecule has 1 aliphatic heterocycles. The number of hydrogen-bond donors (Lipinski definition) is 0. The van der Waals surface area contributed by atoms with E-state index in [4.69, 9.17) is 4.74 Å². The minimum Gasteiger partial charge on any atom is -0.371 e. The van der Waals surface area contributed by atoms with Gasteiger partial charge >= 0.3 is 0 Å². The van der Waals surface area contributed by atoms with Crippen molar-refractivity contribution in [3.63, 3.8) is 0 Å². The highest BCUT2D eigenvalue weighted by Crippen LogP contribution is 2.34. The van der Waals surface area contributed by atoms with Crippen LogP contribution in [-0.4, -0.2) is 12.2 Å². The lowest BCUT2D eigenvalue weighted by molar-refractivity contribution is 0.0788. The summed E-state index contributed by atoms with van der Waals surface area (Å²) in [6, 6.07) is 10.6. The lowest BCUT2D eigenvalue weighted by atomic mass is 9.92. The van der Waals surface area contributed by atoms with E-state index in [2.05, 4.69) is 43.8 Å². The maximum Gasteiger partial charge on any atom is 0.0763 e. The number of ether oxygens (including phenoxy) is 1. The van der Waals surface area contributed by atoms with Crippen LogP contribution >= 0.6 is 0 Å². The second-order valence-corrected chi connectivity index (χ2v) is 3.87. The van der Waals surface area contributed by atoms with Crippen LogP contribution in [0.4, 0.5) is 0 Å². The van der Waals surface area contributed by atoms with Crippen LogP contribution in [0, 0.1) is 0 Å². The third-order valence-corrected chi connectivity index (χ3v) is 2.93. The molecule has 0 unspecified atom stereocenters. The minimum absolute atomic E-state index is 0.232. The van der Waals surface area contributed by atoms with Gasteiger partial charge in [0.25, 0.3) is 0 Å². The lowest BCUT2D eigenvalue weighted by Crippen LogP contribution is -2.09. The molecule has 0 bridgehead atoms. The van der Waals surface area contributed by atoms with E-state index < -0.39 is 0 Å². The lowest BCUT2D eigenvalue weighted by Gasteiger charge is -2.13. The molecule has 0 saturated carbocycles. The summed E-state index contributed by atoms with van der Waals surface area (Å²) in [5, 5.41) is 0. The van der Waals surface area contributed by atoms with E-state index >= 15 is 0 Å². The molecule has 1 fully saturated rings. The van der Waals surface area contributed by atoms with E-state index in [1.54, 1.807) is 0 Å². The summed E-state index contributed by atoms with van der Waals surface area (Å²) in [5.41, 5.74) is 1.38. The first-order chi connectivity index (χ1) is 6.81. The highest BCUT2D eigenvalue weighted by Gasteiger charge is 2.31. The van der Waals surface area contributed by atoms with Gasteiger partial charge in [-0.3, -0.25) is 0 Å². The van der Waals surface area contributed by atoms with Gasteiger partial charge in [-0.2, -0.15) is 0 Å². The molecule has 0 aromatic heterocycles. The van der Waals surface area contributed by atoms with Gasteiger partial charge in [-0.1, -0.05) is 36.4 Å². The van der Waals surface area contributed by atoms with Crippen molar-refractivity contribution < 1.29 is 4.74 Å². The van der Waals surface area contributed by atoms with Crippen LogP contribution in [-0.2, 0) is 4.74 Å². The molecule has 2 rings (SSSR count). The zero-order valence-electron chi connectivity index (χ0n) is 8.52. The Hall–Kier alpha value is -1.08. The van der Waals surface area contributed by atoms with Gasteiger partial charge in [-0.25, -0.2) is 0 Å². The van der Waals surface area contributed by atoms with Gasteiger partial charge in [0.2, 0.25) is 0 Å². The summed E-state index contributed by atoms with van der Waals surface area (Å²) in [4.78, 5) is 0. The average Bonchev–Trinajstić information content (AvgIpc) is 2.61. The number of benzene rings is 1. The summed E-state index contributed by atoms with van der Waals surface area (Å²) in [5.74, 6) is 0.527. The first-order valence-electron chi connectivity index (χ1n) is 5.14. The van der Waals surface area contributed by atoms with Crippen molar-refractivity contribution >= 4 is 0 Å². The van der Waals surface area contributed by atoms with Crippen LogP contribution in [0.1, 0.15) is 24.8 Å². The molecule has 0 spiro atoms. The Balaban J connectivity index is 2.16. The molecule has 14 heavy (non-hydrogen) atoms. The van der Waals surface area contributed by atoms with E-state index in [9.17, 15) is 0 Å². The highest BCUT2D eigenvalue weighted by atomic mass is 16.5. The zero-order chi connectivity index (χ0) is 9.97. The van der Waals surface area contributed by atoms with Crippen molar-refractivity contribution in [3.8, 4) is 0 Å². The van der Waals surface area contributed by atoms with Crippen molar-refractivity contribution in [3.05, 3.63) is 48.6 Å². The zero-order valence-corrected chi connectivity index (χ0v) is 8.52. The summed E-state index contributed by atoms with van der Waals surface area (Å²) in [6.07, 6.45) is 3.50. The molecular weight excluding hydrogens is 172 g/mol. The van der Waals surface area contributed by atoms with E-state index in [0.29, 0.717) is 12.0 Å². The van der Waals surface area contributed by atoms with Gasteiger partial charge in [0.1, 0.15) is 0 Å². The van der Waals surface area contributed by atoms with Crippen molar-refractivity contribution in [2.75, 3.05) is 0 Å². The molecule has 1 aromatic rings. The quantitative estimate of drug-likeness (QED) is 0.648. The van der Waals surface area contributed by atoms with E-state index in [-0.39, 0.29) is 6.10 Å². The number of rotatable bonds is 2. The van der Waals surface area contributed by atoms with Crippen molar-refractivity contribution in [1.82, 2.24) is 0 Å². The van der Waals surface area contributed by atoms with Gasteiger partial charge in [-0.05, 0) is 18.9 Å². The molecule has 0 N–H and O–H groups in total. The molecule has 1 nitrogen and oxygen atoms in total. The first-order valence-corrected chi connectivity index (χ1v) is 5.14. The molecule has 1 aliphatic rings. The fraction of sp³-hybridized carbons (Fsp3) is 0.385. The van der Waals surface area contributed by atoms with Gasteiger partial charge in [0.05, 0.1) is 12.2 Å². The Bertz CT molecular complexity index is 304. The van der Waals surface area contributed by atoms with E-state index in [1.807, 2.05) is 6.08 Å². The molecule has 1 saturated heterocycles. The first kappa shape index (κ1) is 9.47. The standard InChI is InChI=1S/C13H16O/c1-3-12-9-13(10(2)14-12)11-7-5-4-6-8-11/h3-8,10,12-13H,1,9H2,2H3/t10-,12-,13+/m0/s1. The van der Waals surface area contributed by atoms with Crippen LogP contribution < -0.4 is 0 Å². The van der Waals surface area contributed by atoms with E-state index in [1.165, 1.54) is 5.56 Å². The second kappa shape index (κ2) is 3.97. The molecule has 74 valence electrons. The van der Waals surface area contributed by atoms with Crippen molar-refractivity contribution in [2.45, 2.75) is 31.5 Å². The summed E-state index contributed by atoms with van der Waals surface area (Å²) in [7, 11) is 0. The molecule has 1 heteroatoms. The van der Waals surface area contributed by atoms with Gasteiger partial charge < -0.3 is 4.74 Å². The summed E-state index contributed by atoms with van der Waals surface area (Å²) in [6.45, 7) is 5.92.